The molecule has 76 valence electrons. The van der Waals surface area contributed by atoms with E-state index in [0.717, 1.165) is 12.8 Å². The molecule has 0 aliphatic heterocycles. The number of terminal acetylenes is 1. The van der Waals surface area contributed by atoms with Gasteiger partial charge in [0.2, 0.25) is 5.91 Å². The van der Waals surface area contributed by atoms with Gasteiger partial charge in [-0.1, -0.05) is 11.6 Å². The Morgan fingerprint density at radius 3 is 3.07 bits per heavy atom. The molecule has 1 amide bonds. The Labute approximate surface area is 85.8 Å². The number of rotatable bonds is 4. The number of allylic oxidation sites excluding steroid dienone is 1. The molecule has 0 unspecified atom stereocenters. The summed E-state index contributed by atoms with van der Waals surface area (Å²) in [5.41, 5.74) is 1.29. The van der Waals surface area contributed by atoms with Crippen LogP contribution >= 0.6 is 0 Å². The van der Waals surface area contributed by atoms with Crippen molar-refractivity contribution >= 4 is 5.91 Å². The van der Waals surface area contributed by atoms with Crippen molar-refractivity contribution in [3.8, 4) is 12.3 Å². The molecule has 0 saturated heterocycles. The van der Waals surface area contributed by atoms with Gasteiger partial charge in [-0.05, 0) is 25.7 Å². The van der Waals surface area contributed by atoms with E-state index in [1.807, 2.05) is 0 Å². The van der Waals surface area contributed by atoms with E-state index < -0.39 is 0 Å². The summed E-state index contributed by atoms with van der Waals surface area (Å²) < 4.78 is 0. The van der Waals surface area contributed by atoms with Gasteiger partial charge in [0.25, 0.3) is 0 Å². The van der Waals surface area contributed by atoms with Crippen LogP contribution in [0.25, 0.3) is 0 Å². The van der Waals surface area contributed by atoms with Crippen LogP contribution in [-0.4, -0.2) is 12.5 Å². The lowest BCUT2D eigenvalue weighted by molar-refractivity contribution is -0.120. The molecule has 0 heterocycles. The van der Waals surface area contributed by atoms with E-state index in [0.29, 0.717) is 19.4 Å². The molecule has 0 aromatic heterocycles. The Bertz CT molecular complexity index is 260. The first-order valence-electron chi connectivity index (χ1n) is 5.21. The number of carbonyl (C=O) groups is 1. The van der Waals surface area contributed by atoms with E-state index in [9.17, 15) is 4.79 Å². The molecule has 1 aliphatic carbocycles. The normalized spacial score (nSPS) is 15.5. The van der Waals surface area contributed by atoms with Crippen LogP contribution in [0, 0.1) is 12.3 Å². The van der Waals surface area contributed by atoms with E-state index in [4.69, 9.17) is 6.42 Å². The van der Waals surface area contributed by atoms with E-state index in [-0.39, 0.29) is 5.91 Å². The fourth-order valence-corrected chi connectivity index (χ4v) is 1.61. The third kappa shape index (κ3) is 4.13. The minimum Gasteiger partial charge on any atom is -0.355 e. The predicted octanol–water partition coefficient (Wildman–Crippen LogP) is 2.02. The molecular formula is C12H17NO. The van der Waals surface area contributed by atoms with Crippen molar-refractivity contribution in [2.75, 3.05) is 6.54 Å². The zero-order chi connectivity index (χ0) is 10.2. The first kappa shape index (κ1) is 10.8. The summed E-state index contributed by atoms with van der Waals surface area (Å²) in [4.78, 5) is 11.4. The Morgan fingerprint density at radius 2 is 2.43 bits per heavy atom. The number of hydrogen-bond acceptors (Lipinski definition) is 1. The van der Waals surface area contributed by atoms with E-state index in [1.54, 1.807) is 0 Å². The van der Waals surface area contributed by atoms with Crippen molar-refractivity contribution in [2.24, 2.45) is 0 Å². The summed E-state index contributed by atoms with van der Waals surface area (Å²) in [6, 6.07) is 0. The quantitative estimate of drug-likeness (QED) is 0.411. The van der Waals surface area contributed by atoms with Gasteiger partial charge in [0.05, 0.1) is 0 Å². The lowest BCUT2D eigenvalue weighted by atomic mass is 9.97. The predicted molar refractivity (Wildman–Crippen MR) is 57.6 cm³/mol. The highest BCUT2D eigenvalue weighted by atomic mass is 16.1. The highest BCUT2D eigenvalue weighted by Crippen LogP contribution is 2.19. The number of amides is 1. The number of hydrogen-bond donors (Lipinski definition) is 1. The lowest BCUT2D eigenvalue weighted by Gasteiger charge is -2.11. The molecular weight excluding hydrogens is 174 g/mol. The minimum atomic E-state index is 0.105. The maximum Gasteiger partial charge on any atom is 0.224 e. The monoisotopic (exact) mass is 191 g/mol. The van der Waals surface area contributed by atoms with E-state index in [1.165, 1.54) is 18.4 Å². The second-order valence-corrected chi connectivity index (χ2v) is 3.59. The maximum absolute atomic E-state index is 11.4. The van der Waals surface area contributed by atoms with Gasteiger partial charge in [0.15, 0.2) is 0 Å². The van der Waals surface area contributed by atoms with Crippen LogP contribution in [0.1, 0.15) is 38.5 Å². The first-order chi connectivity index (χ1) is 6.83. The fraction of sp³-hybridized carbons (Fsp3) is 0.583. The Balaban J connectivity index is 2.19. The van der Waals surface area contributed by atoms with E-state index in [2.05, 4.69) is 17.3 Å². The summed E-state index contributed by atoms with van der Waals surface area (Å²) in [5, 5.41) is 2.81. The molecule has 0 bridgehead atoms. The molecule has 0 aromatic carbocycles. The standard InChI is InChI=1S/C12H17NO/c1-2-3-9-13-12(14)10-11-7-5-4-6-8-11/h1,7H,3-6,8-10H2,(H,13,14). The molecule has 0 spiro atoms. The summed E-state index contributed by atoms with van der Waals surface area (Å²) >= 11 is 0. The number of nitrogens with one attached hydrogen (secondary N) is 1. The molecule has 1 aliphatic rings. The van der Waals surface area contributed by atoms with Crippen molar-refractivity contribution in [2.45, 2.75) is 38.5 Å². The smallest absolute Gasteiger partial charge is 0.224 e. The van der Waals surface area contributed by atoms with Gasteiger partial charge >= 0.3 is 0 Å². The van der Waals surface area contributed by atoms with Gasteiger partial charge in [-0.25, -0.2) is 0 Å². The van der Waals surface area contributed by atoms with Gasteiger partial charge in [-0.2, -0.15) is 0 Å². The molecule has 0 fully saturated rings. The molecule has 0 atom stereocenters. The van der Waals surface area contributed by atoms with Crippen molar-refractivity contribution in [3.63, 3.8) is 0 Å². The minimum absolute atomic E-state index is 0.105. The zero-order valence-electron chi connectivity index (χ0n) is 8.51. The van der Waals surface area contributed by atoms with Crippen LogP contribution in [0.2, 0.25) is 0 Å². The molecule has 1 rings (SSSR count). The summed E-state index contributed by atoms with van der Waals surface area (Å²) in [7, 11) is 0. The highest BCUT2D eigenvalue weighted by molar-refractivity contribution is 5.78. The third-order valence-electron chi connectivity index (χ3n) is 2.36. The topological polar surface area (TPSA) is 29.1 Å². The first-order valence-corrected chi connectivity index (χ1v) is 5.21. The SMILES string of the molecule is C#CCCNC(=O)CC1=CCCCC1. The second-order valence-electron chi connectivity index (χ2n) is 3.59. The van der Waals surface area contributed by atoms with Crippen LogP contribution in [0.3, 0.4) is 0 Å². The Hall–Kier alpha value is -1.23. The average Bonchev–Trinajstić information content (AvgIpc) is 2.20. The van der Waals surface area contributed by atoms with Crippen molar-refractivity contribution in [1.82, 2.24) is 5.32 Å². The molecule has 0 saturated carbocycles. The summed E-state index contributed by atoms with van der Waals surface area (Å²) in [5.74, 6) is 2.60. The Kier molecular flexibility index (Phi) is 4.85. The second kappa shape index (κ2) is 6.26. The number of carbonyl (C=O) groups excluding carboxylic acids is 1. The fourth-order valence-electron chi connectivity index (χ4n) is 1.61. The van der Waals surface area contributed by atoms with E-state index >= 15 is 0 Å². The van der Waals surface area contributed by atoms with Crippen molar-refractivity contribution in [3.05, 3.63) is 11.6 Å². The van der Waals surface area contributed by atoms with Crippen LogP contribution in [0.4, 0.5) is 0 Å². The van der Waals surface area contributed by atoms with Crippen LogP contribution in [0.5, 0.6) is 0 Å². The molecule has 14 heavy (non-hydrogen) atoms. The van der Waals surface area contributed by atoms with Crippen molar-refractivity contribution in [1.29, 1.82) is 0 Å². The van der Waals surface area contributed by atoms with Crippen LogP contribution in [-0.2, 0) is 4.79 Å². The molecule has 0 radical (unpaired) electrons. The maximum atomic E-state index is 11.4. The molecule has 2 nitrogen and oxygen atoms in total. The molecule has 0 aromatic rings. The van der Waals surface area contributed by atoms with Gasteiger partial charge < -0.3 is 5.32 Å². The van der Waals surface area contributed by atoms with Crippen LogP contribution in [0.15, 0.2) is 11.6 Å². The van der Waals surface area contributed by atoms with Gasteiger partial charge in [-0.15, -0.1) is 12.3 Å². The van der Waals surface area contributed by atoms with Gasteiger partial charge in [0.1, 0.15) is 0 Å². The average molecular weight is 191 g/mol. The summed E-state index contributed by atoms with van der Waals surface area (Å²) in [6.07, 6.45) is 13.2. The third-order valence-corrected chi connectivity index (χ3v) is 2.36. The van der Waals surface area contributed by atoms with Gasteiger partial charge in [-0.3, -0.25) is 4.79 Å². The zero-order valence-corrected chi connectivity index (χ0v) is 8.51. The Morgan fingerprint density at radius 1 is 1.57 bits per heavy atom. The van der Waals surface area contributed by atoms with Crippen LogP contribution < -0.4 is 5.32 Å². The summed E-state index contributed by atoms with van der Waals surface area (Å²) in [6.45, 7) is 0.600. The van der Waals surface area contributed by atoms with Crippen molar-refractivity contribution < 1.29 is 4.79 Å². The largest absolute Gasteiger partial charge is 0.355 e. The molecule has 1 N–H and O–H groups in total. The molecule has 2 heteroatoms. The van der Waals surface area contributed by atoms with Gasteiger partial charge in [0, 0.05) is 19.4 Å². The highest BCUT2D eigenvalue weighted by Gasteiger charge is 2.07. The lowest BCUT2D eigenvalue weighted by Crippen LogP contribution is -2.24.